The van der Waals surface area contributed by atoms with Crippen LogP contribution in [-0.2, 0) is 0 Å². The highest BCUT2D eigenvalue weighted by atomic mass is 35.5. The first kappa shape index (κ1) is 10.3. The summed E-state index contributed by atoms with van der Waals surface area (Å²) in [7, 11) is 0. The quantitative estimate of drug-likeness (QED) is 0.726. The fraction of sp³-hybridized carbons (Fsp3) is 0.273. The molecule has 1 aromatic carbocycles. The highest BCUT2D eigenvalue weighted by Gasteiger charge is 2.04. The van der Waals surface area contributed by atoms with Gasteiger partial charge in [0.15, 0.2) is 0 Å². The van der Waals surface area contributed by atoms with Crippen LogP contribution in [0.5, 0.6) is 0 Å². The van der Waals surface area contributed by atoms with Gasteiger partial charge in [0.1, 0.15) is 0 Å². The monoisotopic (exact) mass is 195 g/mol. The molecule has 1 aliphatic heterocycles. The minimum atomic E-state index is 0. The fourth-order valence-corrected chi connectivity index (χ4v) is 1.49. The normalized spacial score (nSPS) is 18.6. The van der Waals surface area contributed by atoms with Gasteiger partial charge in [0.05, 0.1) is 0 Å². The maximum Gasteiger partial charge on any atom is 0.0168 e. The van der Waals surface area contributed by atoms with Crippen molar-refractivity contribution in [1.82, 2.24) is 5.32 Å². The van der Waals surface area contributed by atoms with Crippen LogP contribution < -0.4 is 5.32 Å². The van der Waals surface area contributed by atoms with Crippen molar-refractivity contribution in [2.45, 2.75) is 6.42 Å². The average Bonchev–Trinajstić information content (AvgIpc) is 2.59. The summed E-state index contributed by atoms with van der Waals surface area (Å²) in [5, 5.41) is 3.32. The van der Waals surface area contributed by atoms with Gasteiger partial charge in [0.2, 0.25) is 0 Å². The Morgan fingerprint density at radius 3 is 2.54 bits per heavy atom. The van der Waals surface area contributed by atoms with E-state index in [2.05, 4.69) is 41.7 Å². The van der Waals surface area contributed by atoms with Crippen molar-refractivity contribution < 1.29 is 0 Å². The summed E-state index contributed by atoms with van der Waals surface area (Å²) >= 11 is 0. The van der Waals surface area contributed by atoms with E-state index in [1.165, 1.54) is 17.6 Å². The lowest BCUT2D eigenvalue weighted by atomic mass is 10.1. The molecule has 1 saturated heterocycles. The molecule has 0 atom stereocenters. The van der Waals surface area contributed by atoms with Crippen LogP contribution in [0.1, 0.15) is 12.0 Å². The number of hydrogen-bond acceptors (Lipinski definition) is 1. The maximum atomic E-state index is 3.32. The van der Waals surface area contributed by atoms with E-state index < -0.39 is 0 Å². The van der Waals surface area contributed by atoms with E-state index in [0.717, 1.165) is 13.1 Å². The smallest absolute Gasteiger partial charge is 0.0168 e. The Morgan fingerprint density at radius 1 is 1.15 bits per heavy atom. The first-order valence-corrected chi connectivity index (χ1v) is 4.40. The molecular weight excluding hydrogens is 182 g/mol. The van der Waals surface area contributed by atoms with Crippen molar-refractivity contribution in [3.05, 3.63) is 41.5 Å². The number of hydrogen-bond donors (Lipinski definition) is 1. The zero-order chi connectivity index (χ0) is 8.23. The summed E-state index contributed by atoms with van der Waals surface area (Å²) in [6, 6.07) is 10.5. The van der Waals surface area contributed by atoms with Crippen LogP contribution >= 0.6 is 12.4 Å². The molecule has 0 radical (unpaired) electrons. The van der Waals surface area contributed by atoms with E-state index in [9.17, 15) is 0 Å². The van der Waals surface area contributed by atoms with E-state index in [4.69, 9.17) is 0 Å². The Bertz CT molecular complexity index is 271. The van der Waals surface area contributed by atoms with Gasteiger partial charge in [-0.25, -0.2) is 0 Å². The van der Waals surface area contributed by atoms with E-state index in [-0.39, 0.29) is 12.4 Å². The Labute approximate surface area is 85.3 Å². The van der Waals surface area contributed by atoms with Crippen molar-refractivity contribution in [1.29, 1.82) is 0 Å². The number of benzene rings is 1. The van der Waals surface area contributed by atoms with Crippen molar-refractivity contribution in [2.24, 2.45) is 0 Å². The van der Waals surface area contributed by atoms with Gasteiger partial charge in [-0.2, -0.15) is 0 Å². The molecule has 1 heterocycles. The molecule has 0 aromatic heterocycles. The van der Waals surface area contributed by atoms with Gasteiger partial charge in [-0.1, -0.05) is 42.0 Å². The van der Waals surface area contributed by atoms with E-state index in [1.807, 2.05) is 0 Å². The number of halogens is 1. The summed E-state index contributed by atoms with van der Waals surface area (Å²) in [6.45, 7) is 2.20. The third-order valence-corrected chi connectivity index (χ3v) is 2.15. The molecule has 70 valence electrons. The Morgan fingerprint density at radius 2 is 1.92 bits per heavy atom. The highest BCUT2D eigenvalue weighted by Crippen LogP contribution is 2.11. The molecule has 1 fully saturated rings. The standard InChI is InChI=1S/C11H13N.ClH/c1-2-4-10(5-3-1)8-11-6-7-12-9-11;/h1-5,8,12H,6-7,9H2;1H. The predicted octanol–water partition coefficient (Wildman–Crippen LogP) is 2.49. The fourth-order valence-electron chi connectivity index (χ4n) is 1.49. The topological polar surface area (TPSA) is 12.0 Å². The van der Waals surface area contributed by atoms with E-state index >= 15 is 0 Å². The minimum absolute atomic E-state index is 0. The molecule has 2 rings (SSSR count). The molecule has 1 aromatic rings. The SMILES string of the molecule is C(=C1CCNC1)c1ccccc1.Cl. The first-order chi connectivity index (χ1) is 5.95. The van der Waals surface area contributed by atoms with E-state index in [1.54, 1.807) is 0 Å². The lowest BCUT2D eigenvalue weighted by Crippen LogP contribution is -2.04. The molecule has 13 heavy (non-hydrogen) atoms. The van der Waals surface area contributed by atoms with Crippen molar-refractivity contribution >= 4 is 18.5 Å². The molecule has 0 bridgehead atoms. The van der Waals surface area contributed by atoms with Crippen LogP contribution in [0.15, 0.2) is 35.9 Å². The predicted molar refractivity (Wildman–Crippen MR) is 59.2 cm³/mol. The molecule has 1 N–H and O–H groups in total. The molecule has 1 nitrogen and oxygen atoms in total. The second-order valence-electron chi connectivity index (χ2n) is 3.14. The average molecular weight is 196 g/mol. The van der Waals surface area contributed by atoms with Crippen molar-refractivity contribution in [3.63, 3.8) is 0 Å². The molecular formula is C11H14ClN. The van der Waals surface area contributed by atoms with Gasteiger partial charge in [0, 0.05) is 6.54 Å². The molecule has 0 amide bonds. The van der Waals surface area contributed by atoms with Gasteiger partial charge >= 0.3 is 0 Å². The first-order valence-electron chi connectivity index (χ1n) is 4.40. The van der Waals surface area contributed by atoms with Gasteiger partial charge < -0.3 is 5.32 Å². The van der Waals surface area contributed by atoms with Gasteiger partial charge in [-0.15, -0.1) is 12.4 Å². The van der Waals surface area contributed by atoms with Crippen molar-refractivity contribution in [3.8, 4) is 0 Å². The summed E-state index contributed by atoms with van der Waals surface area (Å²) in [5.74, 6) is 0. The maximum absolute atomic E-state index is 3.32. The Kier molecular flexibility index (Phi) is 4.00. The number of nitrogens with one attached hydrogen (secondary N) is 1. The molecule has 0 unspecified atom stereocenters. The Balaban J connectivity index is 0.000000845. The van der Waals surface area contributed by atoms with Crippen LogP contribution in [0.2, 0.25) is 0 Å². The minimum Gasteiger partial charge on any atom is -0.313 e. The van der Waals surface area contributed by atoms with Crippen LogP contribution in [0.25, 0.3) is 6.08 Å². The zero-order valence-corrected chi connectivity index (χ0v) is 8.31. The third-order valence-electron chi connectivity index (χ3n) is 2.15. The third kappa shape index (κ3) is 2.87. The van der Waals surface area contributed by atoms with Gasteiger partial charge in [0.25, 0.3) is 0 Å². The summed E-state index contributed by atoms with van der Waals surface area (Å²) < 4.78 is 0. The summed E-state index contributed by atoms with van der Waals surface area (Å²) in [6.07, 6.45) is 3.48. The van der Waals surface area contributed by atoms with Crippen LogP contribution in [0, 0.1) is 0 Å². The summed E-state index contributed by atoms with van der Waals surface area (Å²) in [5.41, 5.74) is 2.83. The second kappa shape index (κ2) is 5.05. The molecule has 0 aliphatic carbocycles. The molecule has 0 spiro atoms. The molecule has 0 saturated carbocycles. The van der Waals surface area contributed by atoms with Gasteiger partial charge in [-0.05, 0) is 18.5 Å². The lowest BCUT2D eigenvalue weighted by molar-refractivity contribution is 0.862. The van der Waals surface area contributed by atoms with Crippen LogP contribution in [0.3, 0.4) is 0 Å². The second-order valence-corrected chi connectivity index (χ2v) is 3.14. The summed E-state index contributed by atoms with van der Waals surface area (Å²) in [4.78, 5) is 0. The van der Waals surface area contributed by atoms with Crippen molar-refractivity contribution in [2.75, 3.05) is 13.1 Å². The molecule has 2 heteroatoms. The highest BCUT2D eigenvalue weighted by molar-refractivity contribution is 5.85. The lowest BCUT2D eigenvalue weighted by Gasteiger charge is -1.95. The number of rotatable bonds is 1. The van der Waals surface area contributed by atoms with Crippen LogP contribution in [0.4, 0.5) is 0 Å². The van der Waals surface area contributed by atoms with Gasteiger partial charge in [-0.3, -0.25) is 0 Å². The zero-order valence-electron chi connectivity index (χ0n) is 7.49. The molecule has 1 aliphatic rings. The van der Waals surface area contributed by atoms with E-state index in [0.29, 0.717) is 0 Å². The largest absolute Gasteiger partial charge is 0.313 e. The van der Waals surface area contributed by atoms with Crippen LogP contribution in [-0.4, -0.2) is 13.1 Å². The Hall–Kier alpha value is -0.790.